The predicted molar refractivity (Wildman–Crippen MR) is 118 cm³/mol. The Morgan fingerprint density at radius 1 is 0.818 bits per heavy atom. The molecule has 1 heterocycles. The summed E-state index contributed by atoms with van der Waals surface area (Å²) >= 11 is 0. The van der Waals surface area contributed by atoms with E-state index >= 15 is 0 Å². The number of amides is 2. The molecule has 0 unspecified atom stereocenters. The van der Waals surface area contributed by atoms with Crippen molar-refractivity contribution >= 4 is 27.5 Å². The summed E-state index contributed by atoms with van der Waals surface area (Å²) in [6.07, 6.45) is 0. The van der Waals surface area contributed by atoms with Gasteiger partial charge in [-0.1, -0.05) is 18.2 Å². The first-order chi connectivity index (χ1) is 15.8. The maximum absolute atomic E-state index is 12.8. The molecule has 2 amide bonds. The van der Waals surface area contributed by atoms with Gasteiger partial charge in [-0.25, -0.2) is 8.42 Å². The molecule has 10 nitrogen and oxygen atoms in total. The van der Waals surface area contributed by atoms with E-state index in [0.29, 0.717) is 24.7 Å². The lowest BCUT2D eigenvalue weighted by Gasteiger charge is -2.19. The number of fused-ring (bicyclic) bond motifs is 1. The van der Waals surface area contributed by atoms with E-state index < -0.39 is 21.8 Å². The van der Waals surface area contributed by atoms with Gasteiger partial charge in [-0.3, -0.25) is 25.2 Å². The van der Waals surface area contributed by atoms with Crippen molar-refractivity contribution in [3.63, 3.8) is 0 Å². The summed E-state index contributed by atoms with van der Waals surface area (Å²) in [6, 6.07) is 15.9. The number of benzene rings is 3. The monoisotopic (exact) mass is 469 g/mol. The molecule has 0 atom stereocenters. The van der Waals surface area contributed by atoms with Gasteiger partial charge in [-0.15, -0.1) is 0 Å². The number of hydrazine groups is 1. The average Bonchev–Trinajstić information content (AvgIpc) is 2.82. The third kappa shape index (κ3) is 4.99. The Bertz CT molecular complexity index is 1330. The third-order valence-corrected chi connectivity index (χ3v) is 6.02. The van der Waals surface area contributed by atoms with E-state index in [4.69, 9.17) is 9.47 Å². The van der Waals surface area contributed by atoms with E-state index in [2.05, 4.69) is 15.6 Å². The van der Waals surface area contributed by atoms with Crippen molar-refractivity contribution in [2.45, 2.75) is 4.90 Å². The largest absolute Gasteiger partial charge is 0.507 e. The topological polar surface area (TPSA) is 143 Å². The van der Waals surface area contributed by atoms with E-state index in [-0.39, 0.29) is 27.5 Å². The number of para-hydroxylation sites is 1. The molecule has 0 radical (unpaired) electrons. The standard InChI is InChI=1S/C22H19N3O7S/c26-18-7-2-1-6-17(18)22(28)24-23-21(27)14-4-3-5-15(12-14)25-33(29,30)16-8-9-19-20(13-16)32-11-10-31-19/h1-9,12-13,25-26H,10-11H2,(H,23,27)(H,24,28). The van der Waals surface area contributed by atoms with Crippen LogP contribution < -0.4 is 25.0 Å². The highest BCUT2D eigenvalue weighted by atomic mass is 32.2. The molecular weight excluding hydrogens is 450 g/mol. The van der Waals surface area contributed by atoms with Gasteiger partial charge in [0.15, 0.2) is 11.5 Å². The van der Waals surface area contributed by atoms with Crippen LogP contribution in [0.15, 0.2) is 71.6 Å². The maximum atomic E-state index is 12.8. The van der Waals surface area contributed by atoms with Gasteiger partial charge in [0.2, 0.25) is 0 Å². The van der Waals surface area contributed by atoms with E-state index in [0.717, 1.165) is 0 Å². The second-order valence-corrected chi connectivity index (χ2v) is 8.60. The number of aromatic hydroxyl groups is 1. The van der Waals surface area contributed by atoms with Crippen LogP contribution in [-0.2, 0) is 10.0 Å². The zero-order valence-corrected chi connectivity index (χ0v) is 17.9. The molecule has 1 aliphatic heterocycles. The molecular formula is C22H19N3O7S. The minimum atomic E-state index is -3.97. The molecule has 4 rings (SSSR count). The lowest BCUT2D eigenvalue weighted by atomic mass is 10.2. The van der Waals surface area contributed by atoms with Crippen molar-refractivity contribution < 1.29 is 32.6 Å². The van der Waals surface area contributed by atoms with Crippen molar-refractivity contribution in [3.05, 3.63) is 77.9 Å². The lowest BCUT2D eigenvalue weighted by molar-refractivity contribution is 0.0845. The van der Waals surface area contributed by atoms with E-state index in [1.165, 1.54) is 54.6 Å². The summed E-state index contributed by atoms with van der Waals surface area (Å²) in [5.74, 6) is -0.835. The molecule has 0 saturated heterocycles. The molecule has 0 aromatic heterocycles. The molecule has 0 saturated carbocycles. The number of nitrogens with one attached hydrogen (secondary N) is 3. The molecule has 3 aromatic carbocycles. The normalized spacial score (nSPS) is 12.5. The van der Waals surface area contributed by atoms with E-state index in [1.807, 2.05) is 0 Å². The summed E-state index contributed by atoms with van der Waals surface area (Å²) in [4.78, 5) is 24.5. The number of anilines is 1. The highest BCUT2D eigenvalue weighted by molar-refractivity contribution is 7.92. The number of phenols is 1. The molecule has 33 heavy (non-hydrogen) atoms. The van der Waals surface area contributed by atoms with Crippen molar-refractivity contribution in [2.24, 2.45) is 0 Å². The second kappa shape index (κ2) is 9.09. The van der Waals surface area contributed by atoms with Crippen molar-refractivity contribution in [1.29, 1.82) is 0 Å². The quantitative estimate of drug-likeness (QED) is 0.419. The van der Waals surface area contributed by atoms with Crippen LogP contribution in [0.5, 0.6) is 17.2 Å². The van der Waals surface area contributed by atoms with Crippen LogP contribution in [-0.4, -0.2) is 38.6 Å². The molecule has 170 valence electrons. The number of rotatable bonds is 5. The van der Waals surface area contributed by atoms with Crippen LogP contribution in [0, 0.1) is 0 Å². The first-order valence-corrected chi connectivity index (χ1v) is 11.2. The number of phenolic OH excluding ortho intramolecular Hbond substituents is 1. The number of sulfonamides is 1. The number of hydrogen-bond donors (Lipinski definition) is 4. The molecule has 0 aliphatic carbocycles. The van der Waals surface area contributed by atoms with Gasteiger partial charge < -0.3 is 14.6 Å². The van der Waals surface area contributed by atoms with E-state index in [9.17, 15) is 23.1 Å². The van der Waals surface area contributed by atoms with Crippen molar-refractivity contribution in [2.75, 3.05) is 17.9 Å². The first-order valence-electron chi connectivity index (χ1n) is 9.75. The highest BCUT2D eigenvalue weighted by Gasteiger charge is 2.20. The Morgan fingerprint density at radius 2 is 1.55 bits per heavy atom. The Morgan fingerprint density at radius 3 is 2.33 bits per heavy atom. The SMILES string of the molecule is O=C(NNC(=O)c1ccccc1O)c1cccc(NS(=O)(=O)c2ccc3c(c2)OCCO3)c1. The summed E-state index contributed by atoms with van der Waals surface area (Å²) in [5.41, 5.74) is 4.64. The highest BCUT2D eigenvalue weighted by Crippen LogP contribution is 2.32. The fourth-order valence-electron chi connectivity index (χ4n) is 3.05. The van der Waals surface area contributed by atoms with Crippen molar-refractivity contribution in [3.8, 4) is 17.2 Å². The zero-order valence-electron chi connectivity index (χ0n) is 17.1. The van der Waals surface area contributed by atoms with Gasteiger partial charge >= 0.3 is 0 Å². The first kappa shape index (κ1) is 22.0. The van der Waals surface area contributed by atoms with Crippen LogP contribution in [0.25, 0.3) is 0 Å². The summed E-state index contributed by atoms with van der Waals surface area (Å²) in [6.45, 7) is 0.709. The summed E-state index contributed by atoms with van der Waals surface area (Å²) in [5, 5.41) is 9.71. The zero-order chi connectivity index (χ0) is 23.4. The van der Waals surface area contributed by atoms with Crippen LogP contribution in [0.3, 0.4) is 0 Å². The molecule has 0 bridgehead atoms. The van der Waals surface area contributed by atoms with Gasteiger partial charge in [-0.2, -0.15) is 0 Å². The summed E-state index contributed by atoms with van der Waals surface area (Å²) < 4.78 is 38.8. The predicted octanol–water partition coefficient (Wildman–Crippen LogP) is 2.04. The summed E-state index contributed by atoms with van der Waals surface area (Å²) in [7, 11) is -3.97. The molecule has 3 aromatic rings. The lowest BCUT2D eigenvalue weighted by Crippen LogP contribution is -2.41. The van der Waals surface area contributed by atoms with Gasteiger partial charge in [0.1, 0.15) is 19.0 Å². The van der Waals surface area contributed by atoms with Crippen LogP contribution in [0.4, 0.5) is 5.69 Å². The molecule has 1 aliphatic rings. The number of hydrogen-bond acceptors (Lipinski definition) is 7. The molecule has 0 spiro atoms. The average molecular weight is 469 g/mol. The van der Waals surface area contributed by atoms with E-state index in [1.54, 1.807) is 12.1 Å². The molecule has 4 N–H and O–H groups in total. The van der Waals surface area contributed by atoms with Gasteiger partial charge in [-0.05, 0) is 42.5 Å². The van der Waals surface area contributed by atoms with Crippen LogP contribution in [0.2, 0.25) is 0 Å². The van der Waals surface area contributed by atoms with Crippen molar-refractivity contribution in [1.82, 2.24) is 10.9 Å². The number of carbonyl (C=O) groups excluding carboxylic acids is 2. The minimum Gasteiger partial charge on any atom is -0.507 e. The van der Waals surface area contributed by atoms with Crippen LogP contribution in [0.1, 0.15) is 20.7 Å². The molecule has 0 fully saturated rings. The number of carbonyl (C=O) groups is 2. The number of ether oxygens (including phenoxy) is 2. The smallest absolute Gasteiger partial charge is 0.273 e. The van der Waals surface area contributed by atoms with Gasteiger partial charge in [0.25, 0.3) is 21.8 Å². The Hall–Kier alpha value is -4.25. The second-order valence-electron chi connectivity index (χ2n) is 6.92. The Balaban J connectivity index is 1.44. The fourth-order valence-corrected chi connectivity index (χ4v) is 4.11. The maximum Gasteiger partial charge on any atom is 0.273 e. The fraction of sp³-hybridized carbons (Fsp3) is 0.0909. The van der Waals surface area contributed by atoms with Crippen LogP contribution >= 0.6 is 0 Å². The van der Waals surface area contributed by atoms with Gasteiger partial charge in [0, 0.05) is 17.3 Å². The molecule has 11 heteroatoms. The van der Waals surface area contributed by atoms with Gasteiger partial charge in [0.05, 0.1) is 10.5 Å². The Kier molecular flexibility index (Phi) is 6.05. The Labute approximate surface area is 189 Å². The third-order valence-electron chi connectivity index (χ3n) is 4.64. The minimum absolute atomic E-state index is 0.0151.